The first kappa shape index (κ1) is 14.2. The summed E-state index contributed by atoms with van der Waals surface area (Å²) in [5, 5.41) is 9.22. The van der Waals surface area contributed by atoms with E-state index in [9.17, 15) is 0 Å². The fourth-order valence-electron chi connectivity index (χ4n) is 1.76. The molecule has 2 aromatic rings. The summed E-state index contributed by atoms with van der Waals surface area (Å²) in [4.78, 5) is 0. The van der Waals surface area contributed by atoms with E-state index in [0.29, 0.717) is 22.9 Å². The molecule has 4 heteroatoms. The smallest absolute Gasteiger partial charge is 0.137 e. The average molecular weight is 288 g/mol. The van der Waals surface area contributed by atoms with Crippen molar-refractivity contribution < 1.29 is 9.47 Å². The van der Waals surface area contributed by atoms with E-state index in [2.05, 4.69) is 0 Å². The van der Waals surface area contributed by atoms with Crippen LogP contribution in [0.1, 0.15) is 11.1 Å². The zero-order chi connectivity index (χ0) is 14.4. The van der Waals surface area contributed by atoms with Crippen LogP contribution in [0, 0.1) is 11.3 Å². The molecule has 0 fully saturated rings. The van der Waals surface area contributed by atoms with Crippen molar-refractivity contribution in [2.24, 2.45) is 0 Å². The third kappa shape index (κ3) is 3.66. The van der Waals surface area contributed by atoms with Gasteiger partial charge in [0.2, 0.25) is 0 Å². The number of rotatable bonds is 5. The number of nitrogens with zero attached hydrogens (tertiary/aromatic N) is 1. The molecule has 0 N–H and O–H groups in total. The first-order chi connectivity index (χ1) is 9.72. The molecule has 3 nitrogen and oxygen atoms in total. The molecule has 0 saturated carbocycles. The zero-order valence-electron chi connectivity index (χ0n) is 11.1. The molecular weight excluding hydrogens is 274 g/mol. The number of hydrogen-bond acceptors (Lipinski definition) is 3. The highest BCUT2D eigenvalue weighted by molar-refractivity contribution is 6.32. The van der Waals surface area contributed by atoms with Crippen molar-refractivity contribution in [3.63, 3.8) is 0 Å². The van der Waals surface area contributed by atoms with E-state index in [1.165, 1.54) is 0 Å². The number of ether oxygens (including phenoxy) is 2. The second kappa shape index (κ2) is 6.83. The maximum atomic E-state index is 8.76. The number of nitriles is 1. The Morgan fingerprint density at radius 3 is 2.50 bits per heavy atom. The van der Waals surface area contributed by atoms with Crippen molar-refractivity contribution in [3.05, 3.63) is 58.6 Å². The van der Waals surface area contributed by atoms with Crippen LogP contribution in [0.3, 0.4) is 0 Å². The molecule has 0 amide bonds. The van der Waals surface area contributed by atoms with Crippen molar-refractivity contribution in [2.75, 3.05) is 13.7 Å². The summed E-state index contributed by atoms with van der Waals surface area (Å²) in [6.45, 7) is 0.526. The molecule has 0 atom stereocenters. The molecule has 0 heterocycles. The van der Waals surface area contributed by atoms with E-state index in [-0.39, 0.29) is 0 Å². The van der Waals surface area contributed by atoms with E-state index < -0.39 is 0 Å². The maximum Gasteiger partial charge on any atom is 0.137 e. The van der Waals surface area contributed by atoms with E-state index >= 15 is 0 Å². The predicted octanol–water partition coefficient (Wildman–Crippen LogP) is 3.84. The minimum atomic E-state index is 0.457. The molecule has 0 aromatic heterocycles. The van der Waals surface area contributed by atoms with Gasteiger partial charge in [0.15, 0.2) is 0 Å². The fraction of sp³-hybridized carbons (Fsp3) is 0.188. The molecule has 0 aliphatic rings. The molecule has 0 saturated heterocycles. The van der Waals surface area contributed by atoms with Gasteiger partial charge < -0.3 is 9.47 Å². The topological polar surface area (TPSA) is 42.2 Å². The third-order valence-corrected chi connectivity index (χ3v) is 3.16. The molecular formula is C16H14ClNO2. The quantitative estimate of drug-likeness (QED) is 0.839. The molecule has 2 aromatic carbocycles. The van der Waals surface area contributed by atoms with Gasteiger partial charge in [-0.25, -0.2) is 0 Å². The van der Waals surface area contributed by atoms with Gasteiger partial charge >= 0.3 is 0 Å². The number of benzene rings is 2. The van der Waals surface area contributed by atoms with Crippen molar-refractivity contribution in [1.29, 1.82) is 5.26 Å². The highest BCUT2D eigenvalue weighted by Crippen LogP contribution is 2.25. The SMILES string of the molecule is COc1ccc(CCOc2ccc(C#N)cc2Cl)cc1. The average Bonchev–Trinajstić information content (AvgIpc) is 2.49. The van der Waals surface area contributed by atoms with E-state index in [1.807, 2.05) is 30.3 Å². The Morgan fingerprint density at radius 2 is 1.90 bits per heavy atom. The van der Waals surface area contributed by atoms with Gasteiger partial charge in [-0.1, -0.05) is 23.7 Å². The first-order valence-corrected chi connectivity index (χ1v) is 6.56. The summed E-state index contributed by atoms with van der Waals surface area (Å²) in [6, 6.07) is 14.9. The van der Waals surface area contributed by atoms with Gasteiger partial charge in [-0.05, 0) is 35.9 Å². The Bertz CT molecular complexity index is 617. The number of halogens is 1. The number of methoxy groups -OCH3 is 1. The summed E-state index contributed by atoms with van der Waals surface area (Å²) in [5.41, 5.74) is 1.69. The van der Waals surface area contributed by atoms with Crippen molar-refractivity contribution in [2.45, 2.75) is 6.42 Å². The standard InChI is InChI=1S/C16H14ClNO2/c1-19-14-5-2-12(3-6-14)8-9-20-16-7-4-13(11-18)10-15(16)17/h2-7,10H,8-9H2,1H3. The lowest BCUT2D eigenvalue weighted by atomic mass is 10.1. The van der Waals surface area contributed by atoms with Gasteiger partial charge in [0.1, 0.15) is 11.5 Å². The third-order valence-electron chi connectivity index (χ3n) is 2.87. The van der Waals surface area contributed by atoms with E-state index in [0.717, 1.165) is 17.7 Å². The largest absolute Gasteiger partial charge is 0.497 e. The predicted molar refractivity (Wildman–Crippen MR) is 78.4 cm³/mol. The summed E-state index contributed by atoms with van der Waals surface area (Å²) in [5.74, 6) is 1.43. The van der Waals surface area contributed by atoms with Crippen LogP contribution in [0.2, 0.25) is 5.02 Å². The van der Waals surface area contributed by atoms with Gasteiger partial charge in [-0.3, -0.25) is 0 Å². The molecule has 2 rings (SSSR count). The molecule has 102 valence electrons. The molecule has 0 radical (unpaired) electrons. The van der Waals surface area contributed by atoms with Crippen molar-refractivity contribution in [3.8, 4) is 17.6 Å². The van der Waals surface area contributed by atoms with Gasteiger partial charge in [0, 0.05) is 6.42 Å². The van der Waals surface area contributed by atoms with Crippen LogP contribution < -0.4 is 9.47 Å². The van der Waals surface area contributed by atoms with Crippen LogP contribution in [0.25, 0.3) is 0 Å². The minimum Gasteiger partial charge on any atom is -0.497 e. The lowest BCUT2D eigenvalue weighted by Gasteiger charge is -2.08. The van der Waals surface area contributed by atoms with Crippen molar-refractivity contribution in [1.82, 2.24) is 0 Å². The van der Waals surface area contributed by atoms with E-state index in [1.54, 1.807) is 25.3 Å². The molecule has 0 aliphatic carbocycles. The second-order valence-corrected chi connectivity index (χ2v) is 4.61. The lowest BCUT2D eigenvalue weighted by Crippen LogP contribution is -2.01. The Morgan fingerprint density at radius 1 is 1.15 bits per heavy atom. The summed E-state index contributed by atoms with van der Waals surface area (Å²) in [7, 11) is 1.64. The Labute approximate surface area is 123 Å². The van der Waals surface area contributed by atoms with Crippen LogP contribution >= 0.6 is 11.6 Å². The van der Waals surface area contributed by atoms with Crippen LogP contribution in [0.5, 0.6) is 11.5 Å². The normalized spacial score (nSPS) is 9.85. The molecule has 0 unspecified atom stereocenters. The lowest BCUT2D eigenvalue weighted by molar-refractivity contribution is 0.322. The zero-order valence-corrected chi connectivity index (χ0v) is 11.9. The van der Waals surface area contributed by atoms with Gasteiger partial charge in [0.05, 0.1) is 30.4 Å². The Kier molecular flexibility index (Phi) is 4.86. The molecule has 0 aliphatic heterocycles. The fourth-order valence-corrected chi connectivity index (χ4v) is 1.99. The second-order valence-electron chi connectivity index (χ2n) is 4.20. The van der Waals surface area contributed by atoms with Gasteiger partial charge in [-0.15, -0.1) is 0 Å². The first-order valence-electron chi connectivity index (χ1n) is 6.18. The summed E-state index contributed by atoms with van der Waals surface area (Å²) in [6.07, 6.45) is 0.778. The summed E-state index contributed by atoms with van der Waals surface area (Å²) < 4.78 is 10.7. The van der Waals surface area contributed by atoms with Gasteiger partial charge in [-0.2, -0.15) is 5.26 Å². The minimum absolute atomic E-state index is 0.457. The van der Waals surface area contributed by atoms with Gasteiger partial charge in [0.25, 0.3) is 0 Å². The molecule has 0 spiro atoms. The Hall–Kier alpha value is -2.18. The van der Waals surface area contributed by atoms with Crippen LogP contribution in [-0.2, 0) is 6.42 Å². The van der Waals surface area contributed by atoms with E-state index in [4.69, 9.17) is 26.3 Å². The molecule has 20 heavy (non-hydrogen) atoms. The van der Waals surface area contributed by atoms with Crippen molar-refractivity contribution >= 4 is 11.6 Å². The van der Waals surface area contributed by atoms with Crippen LogP contribution in [-0.4, -0.2) is 13.7 Å². The monoisotopic (exact) mass is 287 g/mol. The Balaban J connectivity index is 1.91. The molecule has 0 bridgehead atoms. The van der Waals surface area contributed by atoms with Crippen LogP contribution in [0.15, 0.2) is 42.5 Å². The highest BCUT2D eigenvalue weighted by Gasteiger charge is 2.03. The summed E-state index contributed by atoms with van der Waals surface area (Å²) >= 11 is 6.04. The number of hydrogen-bond donors (Lipinski definition) is 0. The van der Waals surface area contributed by atoms with Crippen LogP contribution in [0.4, 0.5) is 0 Å². The maximum absolute atomic E-state index is 8.76. The highest BCUT2D eigenvalue weighted by atomic mass is 35.5.